The minimum absolute atomic E-state index is 0.0738. The van der Waals surface area contributed by atoms with Crippen LogP contribution in [0.5, 0.6) is 5.75 Å². The molecule has 3 aromatic rings. The Morgan fingerprint density at radius 3 is 2.48 bits per heavy atom. The number of ether oxygens (including phenoxy) is 2. The minimum atomic E-state index is -0.588. The normalized spacial score (nSPS) is 16.0. The van der Waals surface area contributed by atoms with E-state index in [1.54, 1.807) is 31.4 Å². The maximum atomic E-state index is 12.2. The number of likely N-dealkylation sites (tertiary alicyclic amines) is 1. The average Bonchev–Trinajstić information content (AvgIpc) is 3.53. The Hall–Kier alpha value is -4.45. The second-order valence-electron chi connectivity index (χ2n) is 9.82. The highest BCUT2D eigenvalue weighted by Crippen LogP contribution is 2.34. The number of nitrogens with zero attached hydrogens (tertiary/aromatic N) is 5. The topological polar surface area (TPSA) is 135 Å². The van der Waals surface area contributed by atoms with Crippen molar-refractivity contribution in [1.82, 2.24) is 14.9 Å². The maximum absolute atomic E-state index is 12.2. The molecular weight excluding hydrogens is 514 g/mol. The zero-order valence-electron chi connectivity index (χ0n) is 22.6. The van der Waals surface area contributed by atoms with Crippen molar-refractivity contribution in [3.05, 3.63) is 64.3 Å². The Labute approximate surface area is 232 Å². The van der Waals surface area contributed by atoms with E-state index in [9.17, 15) is 14.9 Å². The lowest BCUT2D eigenvalue weighted by Gasteiger charge is -2.38. The van der Waals surface area contributed by atoms with Gasteiger partial charge in [-0.05, 0) is 63.0 Å². The van der Waals surface area contributed by atoms with E-state index in [0.29, 0.717) is 23.2 Å². The molecule has 2 aliphatic rings. The summed E-state index contributed by atoms with van der Waals surface area (Å²) in [6.07, 6.45) is 6.02. The fourth-order valence-corrected chi connectivity index (χ4v) is 5.37. The molecule has 2 fully saturated rings. The number of hydrogen-bond donors (Lipinski definition) is 2. The summed E-state index contributed by atoms with van der Waals surface area (Å²) in [5.41, 5.74) is 1.89. The summed E-state index contributed by atoms with van der Waals surface area (Å²) in [4.78, 5) is 36.8. The van der Waals surface area contributed by atoms with Gasteiger partial charge in [0.2, 0.25) is 11.8 Å². The van der Waals surface area contributed by atoms with Gasteiger partial charge in [-0.15, -0.1) is 0 Å². The maximum Gasteiger partial charge on any atom is 0.339 e. The standard InChI is InChI=1S/C28H33N7O5/c1-39-25-17-20(34-15-11-19(12-16-34)33-13-5-6-14-33)9-10-23(25)31-28-29-18-24(35(37)38)26(32-28)30-22-8-4-3-7-21(22)27(36)40-2/h3-4,7-10,17-19H,5-6,11-16H2,1-2H3,(H2,29,30,31,32). The number of anilines is 5. The smallest absolute Gasteiger partial charge is 0.339 e. The molecule has 1 aromatic heterocycles. The first-order chi connectivity index (χ1) is 19.5. The summed E-state index contributed by atoms with van der Waals surface area (Å²) in [6.45, 7) is 4.42. The molecule has 0 spiro atoms. The van der Waals surface area contributed by atoms with Crippen molar-refractivity contribution in [2.24, 2.45) is 0 Å². The number of para-hydroxylation sites is 1. The van der Waals surface area contributed by atoms with Crippen LogP contribution in [-0.4, -0.2) is 72.2 Å². The number of benzene rings is 2. The van der Waals surface area contributed by atoms with E-state index in [4.69, 9.17) is 9.47 Å². The number of rotatable bonds is 9. The van der Waals surface area contributed by atoms with Crippen LogP contribution in [0.3, 0.4) is 0 Å². The Balaban J connectivity index is 1.34. The van der Waals surface area contributed by atoms with E-state index in [1.807, 2.05) is 18.2 Å². The first-order valence-electron chi connectivity index (χ1n) is 13.4. The predicted molar refractivity (Wildman–Crippen MR) is 152 cm³/mol. The molecular formula is C28H33N7O5. The third-order valence-electron chi connectivity index (χ3n) is 7.47. The molecule has 210 valence electrons. The van der Waals surface area contributed by atoms with Crippen molar-refractivity contribution in [1.29, 1.82) is 0 Å². The van der Waals surface area contributed by atoms with Crippen LogP contribution in [-0.2, 0) is 4.74 Å². The first-order valence-corrected chi connectivity index (χ1v) is 13.4. The third-order valence-corrected chi connectivity index (χ3v) is 7.47. The molecule has 40 heavy (non-hydrogen) atoms. The first kappa shape index (κ1) is 27.1. The fraction of sp³-hybridized carbons (Fsp3) is 0.393. The summed E-state index contributed by atoms with van der Waals surface area (Å²) in [6, 6.07) is 13.1. The number of piperidine rings is 1. The highest BCUT2D eigenvalue weighted by molar-refractivity contribution is 5.96. The molecule has 2 saturated heterocycles. The summed E-state index contributed by atoms with van der Waals surface area (Å²) in [7, 11) is 2.86. The molecule has 0 bridgehead atoms. The van der Waals surface area contributed by atoms with Gasteiger partial charge in [-0.3, -0.25) is 10.1 Å². The van der Waals surface area contributed by atoms with Gasteiger partial charge in [0, 0.05) is 30.9 Å². The zero-order chi connectivity index (χ0) is 28.1. The predicted octanol–water partition coefficient (Wildman–Crippen LogP) is 4.73. The monoisotopic (exact) mass is 547 g/mol. The average molecular weight is 548 g/mol. The number of carbonyl (C=O) groups excluding carboxylic acids is 1. The van der Waals surface area contributed by atoms with Crippen LogP contribution >= 0.6 is 0 Å². The molecule has 2 N–H and O–H groups in total. The molecule has 0 radical (unpaired) electrons. The number of hydrogen-bond acceptors (Lipinski definition) is 11. The fourth-order valence-electron chi connectivity index (χ4n) is 5.37. The van der Waals surface area contributed by atoms with Gasteiger partial charge in [0.15, 0.2) is 0 Å². The van der Waals surface area contributed by atoms with Crippen LogP contribution in [0.4, 0.5) is 34.5 Å². The second kappa shape index (κ2) is 12.2. The van der Waals surface area contributed by atoms with Gasteiger partial charge in [-0.25, -0.2) is 9.78 Å². The SMILES string of the molecule is COC(=O)c1ccccc1Nc1nc(Nc2ccc(N3CCC(N4CCCC4)CC3)cc2OC)ncc1[N+](=O)[O-]. The van der Waals surface area contributed by atoms with Gasteiger partial charge in [-0.2, -0.15) is 4.98 Å². The zero-order valence-corrected chi connectivity index (χ0v) is 22.6. The van der Waals surface area contributed by atoms with Gasteiger partial charge in [-0.1, -0.05) is 12.1 Å². The van der Waals surface area contributed by atoms with Crippen molar-refractivity contribution in [3.63, 3.8) is 0 Å². The van der Waals surface area contributed by atoms with Gasteiger partial charge in [0.05, 0.1) is 36.1 Å². The molecule has 12 heteroatoms. The van der Waals surface area contributed by atoms with Crippen molar-refractivity contribution < 1.29 is 19.2 Å². The van der Waals surface area contributed by atoms with Crippen LogP contribution in [0, 0.1) is 10.1 Å². The molecule has 2 aromatic carbocycles. The molecule has 12 nitrogen and oxygen atoms in total. The van der Waals surface area contributed by atoms with Crippen molar-refractivity contribution in [3.8, 4) is 5.75 Å². The summed E-state index contributed by atoms with van der Waals surface area (Å²) in [5.74, 6) is 0.0753. The van der Waals surface area contributed by atoms with Crippen molar-refractivity contribution in [2.45, 2.75) is 31.7 Å². The second-order valence-corrected chi connectivity index (χ2v) is 9.82. The molecule has 0 saturated carbocycles. The minimum Gasteiger partial charge on any atom is -0.494 e. The number of methoxy groups -OCH3 is 2. The summed E-state index contributed by atoms with van der Waals surface area (Å²) in [5, 5.41) is 17.7. The highest BCUT2D eigenvalue weighted by atomic mass is 16.6. The molecule has 0 amide bonds. The van der Waals surface area contributed by atoms with Gasteiger partial charge >= 0.3 is 11.7 Å². The lowest BCUT2D eigenvalue weighted by molar-refractivity contribution is -0.384. The highest BCUT2D eigenvalue weighted by Gasteiger charge is 2.27. The third kappa shape index (κ3) is 5.91. The largest absolute Gasteiger partial charge is 0.494 e. The van der Waals surface area contributed by atoms with Crippen LogP contribution in [0.15, 0.2) is 48.7 Å². The summed E-state index contributed by atoms with van der Waals surface area (Å²) >= 11 is 0. The van der Waals surface area contributed by atoms with Crippen LogP contribution < -0.4 is 20.3 Å². The van der Waals surface area contributed by atoms with Gasteiger partial charge in [0.1, 0.15) is 11.9 Å². The van der Waals surface area contributed by atoms with Crippen LogP contribution in [0.2, 0.25) is 0 Å². The lowest BCUT2D eigenvalue weighted by atomic mass is 10.0. The van der Waals surface area contributed by atoms with E-state index in [0.717, 1.165) is 37.8 Å². The van der Waals surface area contributed by atoms with Crippen molar-refractivity contribution >= 4 is 40.5 Å². The lowest BCUT2D eigenvalue weighted by Crippen LogP contribution is -2.43. The van der Waals surface area contributed by atoms with Crippen LogP contribution in [0.1, 0.15) is 36.0 Å². The quantitative estimate of drug-likeness (QED) is 0.219. The number of aromatic nitrogens is 2. The molecule has 0 unspecified atom stereocenters. The Kier molecular flexibility index (Phi) is 8.25. The Morgan fingerprint density at radius 1 is 1.02 bits per heavy atom. The van der Waals surface area contributed by atoms with E-state index in [-0.39, 0.29) is 23.0 Å². The molecule has 0 atom stereocenters. The van der Waals surface area contributed by atoms with Gasteiger partial charge in [0.25, 0.3) is 0 Å². The van der Waals surface area contributed by atoms with E-state index < -0.39 is 10.9 Å². The summed E-state index contributed by atoms with van der Waals surface area (Å²) < 4.78 is 10.5. The Bertz CT molecular complexity index is 1370. The number of nitrogens with one attached hydrogen (secondary N) is 2. The Morgan fingerprint density at radius 2 is 1.77 bits per heavy atom. The van der Waals surface area contributed by atoms with E-state index in [2.05, 4.69) is 30.4 Å². The molecule has 3 heterocycles. The van der Waals surface area contributed by atoms with Gasteiger partial charge < -0.3 is 29.9 Å². The van der Waals surface area contributed by atoms with E-state index >= 15 is 0 Å². The molecule has 5 rings (SSSR count). The molecule has 0 aliphatic carbocycles. The van der Waals surface area contributed by atoms with E-state index in [1.165, 1.54) is 33.0 Å². The molecule has 2 aliphatic heterocycles. The van der Waals surface area contributed by atoms with Crippen LogP contribution in [0.25, 0.3) is 0 Å². The van der Waals surface area contributed by atoms with Crippen molar-refractivity contribution in [2.75, 3.05) is 55.9 Å². The number of carbonyl (C=O) groups is 1. The number of nitro groups is 1. The number of esters is 1.